The van der Waals surface area contributed by atoms with Gasteiger partial charge in [-0.15, -0.1) is 11.3 Å². The highest BCUT2D eigenvalue weighted by Crippen LogP contribution is 2.29. The summed E-state index contributed by atoms with van der Waals surface area (Å²) >= 11 is 1.38. The summed E-state index contributed by atoms with van der Waals surface area (Å²) < 4.78 is 39.7. The zero-order valence-corrected chi connectivity index (χ0v) is 16.2. The maximum Gasteiger partial charge on any atom is 0.417 e. The number of nitrogens with zero attached hydrogens (tertiary/aromatic N) is 6. The van der Waals surface area contributed by atoms with Crippen LogP contribution in [-0.2, 0) is 13.2 Å². The van der Waals surface area contributed by atoms with Crippen molar-refractivity contribution in [1.82, 2.24) is 24.6 Å². The minimum absolute atomic E-state index is 0.156. The number of pyridine rings is 1. The van der Waals surface area contributed by atoms with Crippen LogP contribution in [0.2, 0.25) is 0 Å². The Balaban J connectivity index is 1.38. The van der Waals surface area contributed by atoms with Crippen LogP contribution in [-0.4, -0.2) is 56.7 Å². The van der Waals surface area contributed by atoms with Gasteiger partial charge in [-0.05, 0) is 12.1 Å². The SMILES string of the molecule is Cn1cc(-c2nc(C(=O)N3CCN(c4ccc(C(F)(F)F)cn4)CC3)cs2)cn1. The summed E-state index contributed by atoms with van der Waals surface area (Å²) in [4.78, 5) is 24.6. The number of halogens is 3. The average Bonchev–Trinajstić information content (AvgIpc) is 3.36. The fourth-order valence-corrected chi connectivity index (χ4v) is 3.85. The molecule has 1 amide bonds. The number of rotatable bonds is 3. The first kappa shape index (κ1) is 19.4. The number of thiazole rings is 1. The minimum Gasteiger partial charge on any atom is -0.353 e. The normalized spacial score (nSPS) is 15.0. The van der Waals surface area contributed by atoms with Gasteiger partial charge in [-0.25, -0.2) is 9.97 Å². The summed E-state index contributed by atoms with van der Waals surface area (Å²) in [5, 5.41) is 6.57. The van der Waals surface area contributed by atoms with Crippen molar-refractivity contribution in [2.45, 2.75) is 6.18 Å². The number of hydrogen-bond donors (Lipinski definition) is 0. The van der Waals surface area contributed by atoms with Crippen molar-refractivity contribution >= 4 is 23.1 Å². The van der Waals surface area contributed by atoms with Gasteiger partial charge >= 0.3 is 6.18 Å². The van der Waals surface area contributed by atoms with Crippen molar-refractivity contribution in [1.29, 1.82) is 0 Å². The molecule has 152 valence electrons. The minimum atomic E-state index is -4.40. The second-order valence-electron chi connectivity index (χ2n) is 6.62. The number of alkyl halides is 3. The Morgan fingerprint density at radius 2 is 1.90 bits per heavy atom. The van der Waals surface area contributed by atoms with Crippen LogP contribution in [0.3, 0.4) is 0 Å². The smallest absolute Gasteiger partial charge is 0.353 e. The maximum absolute atomic E-state index is 12.7. The topological polar surface area (TPSA) is 67.2 Å². The van der Waals surface area contributed by atoms with E-state index < -0.39 is 11.7 Å². The Bertz CT molecular complexity index is 1010. The van der Waals surface area contributed by atoms with Gasteiger partial charge in [-0.1, -0.05) is 0 Å². The second-order valence-corrected chi connectivity index (χ2v) is 7.48. The van der Waals surface area contributed by atoms with Crippen LogP contribution >= 0.6 is 11.3 Å². The highest BCUT2D eigenvalue weighted by molar-refractivity contribution is 7.13. The molecule has 0 radical (unpaired) electrons. The van der Waals surface area contributed by atoms with Gasteiger partial charge in [0.2, 0.25) is 0 Å². The fraction of sp³-hybridized carbons (Fsp3) is 0.333. The Morgan fingerprint density at radius 1 is 1.14 bits per heavy atom. The van der Waals surface area contributed by atoms with Crippen LogP contribution in [0.25, 0.3) is 10.6 Å². The van der Waals surface area contributed by atoms with E-state index in [0.29, 0.717) is 37.7 Å². The molecular formula is C18H17F3N6OS. The van der Waals surface area contributed by atoms with Gasteiger partial charge in [0, 0.05) is 56.6 Å². The van der Waals surface area contributed by atoms with Crippen molar-refractivity contribution in [2.75, 3.05) is 31.1 Å². The number of aromatic nitrogens is 4. The molecule has 0 bridgehead atoms. The lowest BCUT2D eigenvalue weighted by Gasteiger charge is -2.35. The van der Waals surface area contributed by atoms with E-state index in [2.05, 4.69) is 15.1 Å². The Hall–Kier alpha value is -2.95. The lowest BCUT2D eigenvalue weighted by atomic mass is 10.2. The van der Waals surface area contributed by atoms with E-state index in [1.165, 1.54) is 17.4 Å². The molecule has 3 aromatic heterocycles. The van der Waals surface area contributed by atoms with Crippen molar-refractivity contribution in [2.24, 2.45) is 7.05 Å². The first-order valence-corrected chi connectivity index (χ1v) is 9.71. The molecule has 29 heavy (non-hydrogen) atoms. The lowest BCUT2D eigenvalue weighted by Crippen LogP contribution is -2.49. The van der Waals surface area contributed by atoms with Crippen LogP contribution < -0.4 is 4.90 Å². The summed E-state index contributed by atoms with van der Waals surface area (Å²) in [5.74, 6) is 0.314. The number of carbonyl (C=O) groups excluding carboxylic acids is 1. The van der Waals surface area contributed by atoms with Crippen molar-refractivity contribution in [3.05, 3.63) is 47.4 Å². The van der Waals surface area contributed by atoms with Gasteiger partial charge in [0.25, 0.3) is 5.91 Å². The van der Waals surface area contributed by atoms with Gasteiger partial charge in [-0.2, -0.15) is 18.3 Å². The number of aryl methyl sites for hydroxylation is 1. The molecule has 0 aliphatic carbocycles. The predicted octanol–water partition coefficient (Wildman–Crippen LogP) is 2.92. The molecule has 4 heterocycles. The van der Waals surface area contributed by atoms with Crippen LogP contribution in [0.1, 0.15) is 16.1 Å². The van der Waals surface area contributed by atoms with E-state index in [0.717, 1.165) is 22.8 Å². The Morgan fingerprint density at radius 3 is 2.48 bits per heavy atom. The molecule has 1 aliphatic rings. The molecule has 3 aromatic rings. The zero-order valence-electron chi connectivity index (χ0n) is 15.4. The third-order valence-electron chi connectivity index (χ3n) is 4.64. The van der Waals surface area contributed by atoms with Crippen molar-refractivity contribution in [3.63, 3.8) is 0 Å². The predicted molar refractivity (Wildman–Crippen MR) is 102 cm³/mol. The molecule has 0 unspecified atom stereocenters. The van der Waals surface area contributed by atoms with Gasteiger partial charge < -0.3 is 9.80 Å². The number of carbonyl (C=O) groups is 1. The molecule has 1 fully saturated rings. The first-order valence-electron chi connectivity index (χ1n) is 8.83. The van der Waals surface area contributed by atoms with E-state index in [4.69, 9.17) is 0 Å². The third kappa shape index (κ3) is 4.09. The average molecular weight is 422 g/mol. The monoisotopic (exact) mass is 422 g/mol. The number of piperazine rings is 1. The molecule has 11 heteroatoms. The summed E-state index contributed by atoms with van der Waals surface area (Å²) in [6.45, 7) is 1.87. The highest BCUT2D eigenvalue weighted by atomic mass is 32.1. The van der Waals surface area contributed by atoms with E-state index in [1.807, 2.05) is 18.1 Å². The molecule has 1 aliphatic heterocycles. The van der Waals surface area contributed by atoms with Gasteiger partial charge in [-0.3, -0.25) is 9.48 Å². The van der Waals surface area contributed by atoms with Crippen LogP contribution in [0.15, 0.2) is 36.1 Å². The molecule has 0 atom stereocenters. The number of hydrogen-bond acceptors (Lipinski definition) is 6. The standard InChI is InChI=1S/C18H17F3N6OS/c1-25-10-12(8-23-25)16-24-14(11-29-16)17(28)27-6-4-26(5-7-27)15-3-2-13(9-22-15)18(19,20)21/h2-3,8-11H,4-7H2,1H3. The van der Waals surface area contributed by atoms with Gasteiger partial charge in [0.15, 0.2) is 0 Å². The summed E-state index contributed by atoms with van der Waals surface area (Å²) in [7, 11) is 1.81. The van der Waals surface area contributed by atoms with Gasteiger partial charge in [0.1, 0.15) is 16.5 Å². The Labute approximate surface area is 168 Å². The highest BCUT2D eigenvalue weighted by Gasteiger charge is 2.31. The van der Waals surface area contributed by atoms with E-state index in [1.54, 1.807) is 21.2 Å². The van der Waals surface area contributed by atoms with E-state index in [9.17, 15) is 18.0 Å². The van der Waals surface area contributed by atoms with E-state index >= 15 is 0 Å². The quantitative estimate of drug-likeness (QED) is 0.649. The zero-order chi connectivity index (χ0) is 20.6. The molecule has 0 saturated carbocycles. The number of amides is 1. The first-order chi connectivity index (χ1) is 13.8. The van der Waals surface area contributed by atoms with Crippen LogP contribution in [0, 0.1) is 0 Å². The molecule has 0 aromatic carbocycles. The molecular weight excluding hydrogens is 405 g/mol. The second kappa shape index (κ2) is 7.47. The van der Waals surface area contributed by atoms with Crippen LogP contribution in [0.4, 0.5) is 19.0 Å². The molecule has 0 spiro atoms. The summed E-state index contributed by atoms with van der Waals surface area (Å²) in [6, 6.07) is 2.38. The number of anilines is 1. The Kier molecular flexibility index (Phi) is 4.99. The lowest BCUT2D eigenvalue weighted by molar-refractivity contribution is -0.137. The summed E-state index contributed by atoms with van der Waals surface area (Å²) in [6.07, 6.45) is -0.0349. The maximum atomic E-state index is 12.7. The van der Waals surface area contributed by atoms with Crippen molar-refractivity contribution < 1.29 is 18.0 Å². The van der Waals surface area contributed by atoms with E-state index in [-0.39, 0.29) is 5.91 Å². The fourth-order valence-electron chi connectivity index (χ4n) is 3.08. The molecule has 0 N–H and O–H groups in total. The van der Waals surface area contributed by atoms with Crippen molar-refractivity contribution in [3.8, 4) is 10.6 Å². The largest absolute Gasteiger partial charge is 0.417 e. The molecule has 1 saturated heterocycles. The third-order valence-corrected chi connectivity index (χ3v) is 5.53. The van der Waals surface area contributed by atoms with Crippen LogP contribution in [0.5, 0.6) is 0 Å². The van der Waals surface area contributed by atoms with Gasteiger partial charge in [0.05, 0.1) is 11.8 Å². The molecule has 7 nitrogen and oxygen atoms in total. The summed E-state index contributed by atoms with van der Waals surface area (Å²) in [5.41, 5.74) is 0.465. The molecule has 4 rings (SSSR count).